The van der Waals surface area contributed by atoms with E-state index in [9.17, 15) is 14.7 Å². The second-order valence-corrected chi connectivity index (χ2v) is 6.67. The van der Waals surface area contributed by atoms with Gasteiger partial charge in [-0.05, 0) is 30.9 Å². The topological polar surface area (TPSA) is 84.2 Å². The van der Waals surface area contributed by atoms with Gasteiger partial charge >= 0.3 is 0 Å². The molecule has 0 saturated heterocycles. The van der Waals surface area contributed by atoms with E-state index < -0.39 is 6.10 Å². The second kappa shape index (κ2) is 6.91. The van der Waals surface area contributed by atoms with Crippen LogP contribution in [0.25, 0.3) is 11.0 Å². The first-order chi connectivity index (χ1) is 10.8. The third-order valence-electron chi connectivity index (χ3n) is 3.67. The molecule has 0 aliphatic rings. The van der Waals surface area contributed by atoms with Crippen molar-refractivity contribution in [3.05, 3.63) is 40.8 Å². The van der Waals surface area contributed by atoms with Gasteiger partial charge in [0, 0.05) is 6.54 Å². The lowest BCUT2D eigenvalue weighted by Gasteiger charge is -2.26. The maximum Gasteiger partial charge on any atom is 0.269 e. The first-order valence-corrected chi connectivity index (χ1v) is 7.68. The largest absolute Gasteiger partial charge is 0.393 e. The van der Waals surface area contributed by atoms with Gasteiger partial charge in [-0.1, -0.05) is 26.0 Å². The number of hydrogen-bond donors (Lipinski definition) is 2. The third-order valence-corrected chi connectivity index (χ3v) is 3.67. The summed E-state index contributed by atoms with van der Waals surface area (Å²) in [5.74, 6) is -0.234. The maximum atomic E-state index is 12.2. The van der Waals surface area contributed by atoms with Crippen molar-refractivity contribution >= 4 is 16.9 Å². The molecule has 0 saturated carbocycles. The number of aliphatic hydroxyl groups excluding tert-OH is 1. The van der Waals surface area contributed by atoms with Crippen LogP contribution in [0.1, 0.15) is 27.2 Å². The molecule has 2 N–H and O–H groups in total. The number of para-hydroxylation sites is 2. The van der Waals surface area contributed by atoms with E-state index in [-0.39, 0.29) is 23.4 Å². The molecule has 6 heteroatoms. The van der Waals surface area contributed by atoms with E-state index in [0.29, 0.717) is 24.0 Å². The van der Waals surface area contributed by atoms with Crippen LogP contribution in [0.5, 0.6) is 0 Å². The highest BCUT2D eigenvalue weighted by Crippen LogP contribution is 2.21. The van der Waals surface area contributed by atoms with E-state index in [1.165, 1.54) is 10.8 Å². The molecule has 2 rings (SSSR count). The molecule has 1 amide bonds. The Bertz CT molecular complexity index is 750. The van der Waals surface area contributed by atoms with Crippen molar-refractivity contribution < 1.29 is 9.90 Å². The molecule has 1 heterocycles. The monoisotopic (exact) mass is 317 g/mol. The summed E-state index contributed by atoms with van der Waals surface area (Å²) in [7, 11) is 0. The summed E-state index contributed by atoms with van der Waals surface area (Å²) in [5.41, 5.74) is 0.796. The van der Waals surface area contributed by atoms with Gasteiger partial charge in [0.05, 0.1) is 23.3 Å². The lowest BCUT2D eigenvalue weighted by molar-refractivity contribution is -0.122. The Labute approximate surface area is 135 Å². The lowest BCUT2D eigenvalue weighted by atomic mass is 9.87. The normalized spacial score (nSPS) is 13.0. The molecule has 1 aromatic carbocycles. The first-order valence-electron chi connectivity index (χ1n) is 7.68. The minimum Gasteiger partial charge on any atom is -0.393 e. The maximum absolute atomic E-state index is 12.2. The Morgan fingerprint density at radius 2 is 2.09 bits per heavy atom. The van der Waals surface area contributed by atoms with E-state index in [0.717, 1.165) is 0 Å². The number of fused-ring (bicyclic) bond motifs is 1. The Kier molecular flexibility index (Phi) is 5.15. The van der Waals surface area contributed by atoms with E-state index >= 15 is 0 Å². The predicted molar refractivity (Wildman–Crippen MR) is 89.1 cm³/mol. The Morgan fingerprint density at radius 3 is 2.78 bits per heavy atom. The lowest BCUT2D eigenvalue weighted by Crippen LogP contribution is -2.39. The summed E-state index contributed by atoms with van der Waals surface area (Å²) in [6.07, 6.45) is 1.40. The number of benzene rings is 1. The Hall–Kier alpha value is -2.21. The Morgan fingerprint density at radius 1 is 1.39 bits per heavy atom. The molecule has 0 aliphatic carbocycles. The summed E-state index contributed by atoms with van der Waals surface area (Å²) >= 11 is 0. The van der Waals surface area contributed by atoms with Gasteiger partial charge in [0.1, 0.15) is 6.54 Å². The predicted octanol–water partition coefficient (Wildman–Crippen LogP) is 1.31. The van der Waals surface area contributed by atoms with Gasteiger partial charge in [-0.3, -0.25) is 14.2 Å². The smallest absolute Gasteiger partial charge is 0.269 e. The highest BCUT2D eigenvalue weighted by Gasteiger charge is 2.21. The van der Waals surface area contributed by atoms with Crippen LogP contribution >= 0.6 is 0 Å². The fourth-order valence-corrected chi connectivity index (χ4v) is 2.69. The summed E-state index contributed by atoms with van der Waals surface area (Å²) < 4.78 is 1.42. The molecule has 0 aliphatic heterocycles. The fraction of sp³-hybridized carbons (Fsp3) is 0.471. The number of carbonyl (C=O) groups is 1. The van der Waals surface area contributed by atoms with Crippen molar-refractivity contribution in [1.29, 1.82) is 0 Å². The molecule has 0 radical (unpaired) electrons. The summed E-state index contributed by atoms with van der Waals surface area (Å²) in [6.45, 7) is 6.08. The van der Waals surface area contributed by atoms with E-state index in [1.807, 2.05) is 26.0 Å². The van der Waals surface area contributed by atoms with Crippen LogP contribution in [0.3, 0.4) is 0 Å². The highest BCUT2D eigenvalue weighted by atomic mass is 16.3. The number of amides is 1. The number of nitrogens with zero attached hydrogens (tertiary/aromatic N) is 2. The zero-order valence-electron chi connectivity index (χ0n) is 13.7. The Balaban J connectivity index is 2.09. The van der Waals surface area contributed by atoms with Crippen molar-refractivity contribution in [3.8, 4) is 0 Å². The number of carbonyl (C=O) groups excluding carboxylic acids is 1. The van der Waals surface area contributed by atoms with Crippen LogP contribution in [0.2, 0.25) is 0 Å². The number of nitrogens with one attached hydrogen (secondary N) is 1. The van der Waals surface area contributed by atoms with Gasteiger partial charge in [-0.2, -0.15) is 0 Å². The molecule has 0 fully saturated rings. The van der Waals surface area contributed by atoms with Crippen LogP contribution in [0, 0.1) is 5.41 Å². The molecule has 1 unspecified atom stereocenters. The van der Waals surface area contributed by atoms with Crippen molar-refractivity contribution in [2.45, 2.75) is 39.8 Å². The van der Waals surface area contributed by atoms with Crippen LogP contribution in [0.4, 0.5) is 0 Å². The minimum atomic E-state index is -0.423. The average Bonchev–Trinajstić information content (AvgIpc) is 2.47. The SMILES string of the molecule is CC(O)CC(C)(C)CNC(=O)Cn1c(=O)cnc2ccccc21. The van der Waals surface area contributed by atoms with Crippen LogP contribution < -0.4 is 10.9 Å². The van der Waals surface area contributed by atoms with Gasteiger partial charge in [-0.25, -0.2) is 4.98 Å². The molecule has 0 spiro atoms. The average molecular weight is 317 g/mol. The minimum absolute atomic E-state index is 0.0490. The third kappa shape index (κ3) is 4.63. The first kappa shape index (κ1) is 17.1. The van der Waals surface area contributed by atoms with Crippen molar-refractivity contribution in [1.82, 2.24) is 14.9 Å². The van der Waals surface area contributed by atoms with E-state index in [2.05, 4.69) is 10.3 Å². The summed E-state index contributed by atoms with van der Waals surface area (Å²) in [4.78, 5) is 28.3. The zero-order valence-corrected chi connectivity index (χ0v) is 13.7. The van der Waals surface area contributed by atoms with Gasteiger partial charge in [-0.15, -0.1) is 0 Å². The van der Waals surface area contributed by atoms with Gasteiger partial charge < -0.3 is 10.4 Å². The standard InChI is InChI=1S/C17H23N3O3/c1-12(21)8-17(2,3)11-19-15(22)10-20-14-7-5-4-6-13(14)18-9-16(20)23/h4-7,9,12,21H,8,10-11H2,1-3H3,(H,19,22). The van der Waals surface area contributed by atoms with Gasteiger partial charge in [0.15, 0.2) is 0 Å². The quantitative estimate of drug-likeness (QED) is 0.841. The molecule has 2 aromatic rings. The number of hydrogen-bond acceptors (Lipinski definition) is 4. The van der Waals surface area contributed by atoms with Gasteiger partial charge in [0.2, 0.25) is 5.91 Å². The molecular weight excluding hydrogens is 294 g/mol. The van der Waals surface area contributed by atoms with Crippen molar-refractivity contribution in [2.75, 3.05) is 6.54 Å². The number of aliphatic hydroxyl groups is 1. The molecule has 124 valence electrons. The molecule has 1 atom stereocenters. The van der Waals surface area contributed by atoms with E-state index in [1.54, 1.807) is 19.1 Å². The second-order valence-electron chi connectivity index (χ2n) is 6.67. The molecule has 6 nitrogen and oxygen atoms in total. The molecule has 0 bridgehead atoms. The fourth-order valence-electron chi connectivity index (χ4n) is 2.69. The summed E-state index contributed by atoms with van der Waals surface area (Å²) in [6, 6.07) is 7.22. The van der Waals surface area contributed by atoms with Crippen molar-refractivity contribution in [2.24, 2.45) is 5.41 Å². The summed E-state index contributed by atoms with van der Waals surface area (Å²) in [5, 5.41) is 12.3. The van der Waals surface area contributed by atoms with Crippen molar-refractivity contribution in [3.63, 3.8) is 0 Å². The molecule has 23 heavy (non-hydrogen) atoms. The highest BCUT2D eigenvalue weighted by molar-refractivity contribution is 5.79. The molecule has 1 aromatic heterocycles. The van der Waals surface area contributed by atoms with Crippen LogP contribution in [-0.2, 0) is 11.3 Å². The van der Waals surface area contributed by atoms with E-state index in [4.69, 9.17) is 0 Å². The van der Waals surface area contributed by atoms with Gasteiger partial charge in [0.25, 0.3) is 5.56 Å². The van der Waals surface area contributed by atoms with Crippen LogP contribution in [-0.4, -0.2) is 33.2 Å². The zero-order chi connectivity index (χ0) is 17.0. The van der Waals surface area contributed by atoms with Crippen LogP contribution in [0.15, 0.2) is 35.3 Å². The number of rotatable bonds is 6. The number of aromatic nitrogens is 2. The molecular formula is C17H23N3O3.